The molecule has 2 fully saturated rings. The molecule has 2 aliphatic heterocycles. The van der Waals surface area contributed by atoms with Gasteiger partial charge in [-0.15, -0.1) is 0 Å². The van der Waals surface area contributed by atoms with Crippen molar-refractivity contribution < 1.29 is 9.47 Å². The van der Waals surface area contributed by atoms with Crippen LogP contribution in [0.4, 0.5) is 0 Å². The lowest BCUT2D eigenvalue weighted by atomic mass is 9.83. The maximum atomic E-state index is 6.15. The molecule has 2 aromatic carbocycles. The second kappa shape index (κ2) is 3.67. The van der Waals surface area contributed by atoms with Gasteiger partial charge < -0.3 is 9.47 Å². The van der Waals surface area contributed by atoms with Gasteiger partial charge in [0.2, 0.25) is 0 Å². The molecule has 2 atom stereocenters. The highest BCUT2D eigenvalue weighted by atomic mass is 16.7. The lowest BCUT2D eigenvalue weighted by Gasteiger charge is -2.30. The summed E-state index contributed by atoms with van der Waals surface area (Å²) in [7, 11) is 0. The summed E-state index contributed by atoms with van der Waals surface area (Å²) in [5, 5.41) is 0. The first-order valence-corrected chi connectivity index (χ1v) is 6.32. The number of benzene rings is 2. The van der Waals surface area contributed by atoms with Gasteiger partial charge in [0.05, 0.1) is 6.61 Å². The van der Waals surface area contributed by atoms with Gasteiger partial charge in [-0.3, -0.25) is 0 Å². The standard InChI is InChI=1S/C16H14O2/c1-3-7-12(8-4-1)16(13-9-5-2-6-10-13)15-14(18-15)11-17-16/h1-10,14-15H,11H2. The molecule has 2 nitrogen and oxygen atoms in total. The van der Waals surface area contributed by atoms with E-state index in [-0.39, 0.29) is 12.2 Å². The Balaban J connectivity index is 1.90. The molecule has 2 unspecified atom stereocenters. The number of hydrogen-bond acceptors (Lipinski definition) is 2. The summed E-state index contributed by atoms with van der Waals surface area (Å²) in [6, 6.07) is 20.8. The molecule has 0 radical (unpaired) electrons. The zero-order valence-corrected chi connectivity index (χ0v) is 9.95. The minimum Gasteiger partial charge on any atom is -0.363 e. The van der Waals surface area contributed by atoms with Gasteiger partial charge in [0.1, 0.15) is 17.8 Å². The van der Waals surface area contributed by atoms with Gasteiger partial charge in [-0.2, -0.15) is 0 Å². The van der Waals surface area contributed by atoms with Crippen molar-refractivity contribution in [3.8, 4) is 0 Å². The molecule has 0 amide bonds. The van der Waals surface area contributed by atoms with Crippen LogP contribution in [0, 0.1) is 0 Å². The molecule has 0 saturated carbocycles. The highest BCUT2D eigenvalue weighted by molar-refractivity contribution is 5.41. The van der Waals surface area contributed by atoms with Crippen molar-refractivity contribution in [1.29, 1.82) is 0 Å². The largest absolute Gasteiger partial charge is 0.363 e. The van der Waals surface area contributed by atoms with Gasteiger partial charge in [0.15, 0.2) is 0 Å². The third kappa shape index (κ3) is 1.30. The number of ether oxygens (including phenoxy) is 2. The van der Waals surface area contributed by atoms with E-state index in [4.69, 9.17) is 9.47 Å². The fourth-order valence-corrected chi connectivity index (χ4v) is 2.96. The molecule has 90 valence electrons. The van der Waals surface area contributed by atoms with E-state index in [0.717, 1.165) is 0 Å². The Morgan fingerprint density at radius 1 is 0.833 bits per heavy atom. The Morgan fingerprint density at radius 2 is 1.39 bits per heavy atom. The molecule has 2 saturated heterocycles. The number of hydrogen-bond donors (Lipinski definition) is 0. The maximum Gasteiger partial charge on any atom is 0.147 e. The Hall–Kier alpha value is -1.64. The van der Waals surface area contributed by atoms with Gasteiger partial charge in [0, 0.05) is 0 Å². The molecule has 2 heteroatoms. The van der Waals surface area contributed by atoms with Crippen LogP contribution >= 0.6 is 0 Å². The average molecular weight is 238 g/mol. The van der Waals surface area contributed by atoms with Crippen molar-refractivity contribution in [2.24, 2.45) is 0 Å². The molecule has 4 rings (SSSR count). The summed E-state index contributed by atoms with van der Waals surface area (Å²) < 4.78 is 11.9. The van der Waals surface area contributed by atoms with Crippen molar-refractivity contribution in [2.75, 3.05) is 6.61 Å². The lowest BCUT2D eigenvalue weighted by Crippen LogP contribution is -2.33. The van der Waals surface area contributed by atoms with Crippen molar-refractivity contribution in [2.45, 2.75) is 17.8 Å². The van der Waals surface area contributed by atoms with E-state index >= 15 is 0 Å². The maximum absolute atomic E-state index is 6.15. The minimum absolute atomic E-state index is 0.169. The number of epoxide rings is 1. The molecule has 0 aromatic heterocycles. The monoisotopic (exact) mass is 238 g/mol. The van der Waals surface area contributed by atoms with E-state index < -0.39 is 5.60 Å². The van der Waals surface area contributed by atoms with Gasteiger partial charge in [-0.05, 0) is 11.1 Å². The SMILES string of the molecule is c1ccc(C2(c3ccccc3)OCC3OC32)cc1. The molecule has 0 aliphatic carbocycles. The molecule has 0 spiro atoms. The summed E-state index contributed by atoms with van der Waals surface area (Å²) in [4.78, 5) is 0. The topological polar surface area (TPSA) is 21.8 Å². The summed E-state index contributed by atoms with van der Waals surface area (Å²) in [5.74, 6) is 0. The quantitative estimate of drug-likeness (QED) is 0.750. The smallest absolute Gasteiger partial charge is 0.147 e. The van der Waals surface area contributed by atoms with E-state index in [0.29, 0.717) is 6.61 Å². The number of rotatable bonds is 2. The molecular formula is C16H14O2. The summed E-state index contributed by atoms with van der Waals surface area (Å²) in [6.07, 6.45) is 0.438. The third-order valence-electron chi connectivity index (χ3n) is 3.86. The van der Waals surface area contributed by atoms with E-state index in [1.165, 1.54) is 11.1 Å². The first kappa shape index (κ1) is 10.3. The van der Waals surface area contributed by atoms with Crippen LogP contribution in [0.15, 0.2) is 60.7 Å². The average Bonchev–Trinajstić information content (AvgIpc) is 3.15. The molecular weight excluding hydrogens is 224 g/mol. The summed E-state index contributed by atoms with van der Waals surface area (Å²) in [6.45, 7) is 0.689. The second-order valence-corrected chi connectivity index (χ2v) is 4.87. The van der Waals surface area contributed by atoms with Crippen molar-refractivity contribution in [3.63, 3.8) is 0 Å². The highest BCUT2D eigenvalue weighted by Gasteiger charge is 2.63. The predicted octanol–water partition coefficient (Wildman–Crippen LogP) is 2.73. The first-order valence-electron chi connectivity index (χ1n) is 6.32. The first-order chi connectivity index (χ1) is 8.91. The van der Waals surface area contributed by atoms with Gasteiger partial charge in [-0.25, -0.2) is 0 Å². The zero-order valence-electron chi connectivity index (χ0n) is 9.95. The zero-order chi connectivity index (χ0) is 12.0. The van der Waals surface area contributed by atoms with Gasteiger partial charge >= 0.3 is 0 Å². The van der Waals surface area contributed by atoms with E-state index in [1.807, 2.05) is 12.1 Å². The van der Waals surface area contributed by atoms with E-state index in [2.05, 4.69) is 48.5 Å². The summed E-state index contributed by atoms with van der Waals surface area (Å²) >= 11 is 0. The van der Waals surface area contributed by atoms with Crippen LogP contribution in [0.3, 0.4) is 0 Å². The van der Waals surface area contributed by atoms with Crippen LogP contribution in [-0.2, 0) is 15.1 Å². The third-order valence-corrected chi connectivity index (χ3v) is 3.86. The van der Waals surface area contributed by atoms with Crippen LogP contribution in [0.25, 0.3) is 0 Å². The molecule has 0 N–H and O–H groups in total. The van der Waals surface area contributed by atoms with Crippen LogP contribution in [0.5, 0.6) is 0 Å². The van der Waals surface area contributed by atoms with Crippen LogP contribution < -0.4 is 0 Å². The molecule has 2 heterocycles. The number of fused-ring (bicyclic) bond motifs is 1. The lowest BCUT2D eigenvalue weighted by molar-refractivity contribution is -0.0352. The fourth-order valence-electron chi connectivity index (χ4n) is 2.96. The van der Waals surface area contributed by atoms with Crippen LogP contribution in [0.1, 0.15) is 11.1 Å². The highest BCUT2D eigenvalue weighted by Crippen LogP contribution is 2.52. The molecule has 0 bridgehead atoms. The molecule has 18 heavy (non-hydrogen) atoms. The fraction of sp³-hybridized carbons (Fsp3) is 0.250. The van der Waals surface area contributed by atoms with Gasteiger partial charge in [-0.1, -0.05) is 60.7 Å². The predicted molar refractivity (Wildman–Crippen MR) is 68.3 cm³/mol. The van der Waals surface area contributed by atoms with Gasteiger partial charge in [0.25, 0.3) is 0 Å². The van der Waals surface area contributed by atoms with E-state index in [1.54, 1.807) is 0 Å². The van der Waals surface area contributed by atoms with Crippen molar-refractivity contribution in [1.82, 2.24) is 0 Å². The Kier molecular flexibility index (Phi) is 2.10. The Morgan fingerprint density at radius 3 is 1.78 bits per heavy atom. The second-order valence-electron chi connectivity index (χ2n) is 4.87. The van der Waals surface area contributed by atoms with Crippen molar-refractivity contribution in [3.05, 3.63) is 71.8 Å². The van der Waals surface area contributed by atoms with Crippen molar-refractivity contribution >= 4 is 0 Å². The Bertz CT molecular complexity index is 510. The van der Waals surface area contributed by atoms with Crippen LogP contribution in [0.2, 0.25) is 0 Å². The minimum atomic E-state index is -0.410. The van der Waals surface area contributed by atoms with E-state index in [9.17, 15) is 0 Å². The molecule has 2 aliphatic rings. The normalized spacial score (nSPS) is 27.8. The molecule has 2 aromatic rings. The van der Waals surface area contributed by atoms with Crippen LogP contribution in [-0.4, -0.2) is 18.8 Å². The Labute approximate surface area is 106 Å². The summed E-state index contributed by atoms with van der Waals surface area (Å²) in [5.41, 5.74) is 1.95.